The largest absolute Gasteiger partial charge is 0.362 e. The van der Waals surface area contributed by atoms with Crippen LogP contribution in [0, 0.1) is 5.82 Å². The van der Waals surface area contributed by atoms with E-state index < -0.39 is 0 Å². The second kappa shape index (κ2) is 7.74. The minimum Gasteiger partial charge on any atom is -0.362 e. The molecule has 1 aromatic carbocycles. The minimum absolute atomic E-state index is 0.0480. The van der Waals surface area contributed by atoms with Crippen LogP contribution in [-0.4, -0.2) is 33.1 Å². The van der Waals surface area contributed by atoms with Gasteiger partial charge in [0, 0.05) is 25.8 Å². The molecular weight excluding hydrogens is 245 g/mol. The summed E-state index contributed by atoms with van der Waals surface area (Å²) in [5.74, 6) is -0.307. The Morgan fingerprint density at radius 2 is 2.11 bits per heavy atom. The number of halogens is 1. The molecule has 0 saturated heterocycles. The lowest BCUT2D eigenvalue weighted by Crippen LogP contribution is -2.36. The Hall–Kier alpha value is -1.62. The third kappa shape index (κ3) is 4.52. The van der Waals surface area contributed by atoms with Crippen molar-refractivity contribution in [1.29, 1.82) is 0 Å². The van der Waals surface area contributed by atoms with E-state index in [9.17, 15) is 9.18 Å². The van der Waals surface area contributed by atoms with Crippen molar-refractivity contribution in [2.45, 2.75) is 19.9 Å². The number of hydrogen-bond acceptors (Lipinski definition) is 3. The minimum atomic E-state index is -0.259. The van der Waals surface area contributed by atoms with Crippen LogP contribution in [0.3, 0.4) is 0 Å². The molecule has 0 radical (unpaired) electrons. The fourth-order valence-corrected chi connectivity index (χ4v) is 2.00. The SMILES string of the molecule is CCCN(CC(=O)NC)c1ccc(F)cc1CNC. The maximum absolute atomic E-state index is 13.3. The summed E-state index contributed by atoms with van der Waals surface area (Å²) in [7, 11) is 3.43. The number of likely N-dealkylation sites (N-methyl/N-ethyl adjacent to an activating group) is 1. The van der Waals surface area contributed by atoms with Gasteiger partial charge in [0.15, 0.2) is 0 Å². The molecule has 0 aliphatic rings. The summed E-state index contributed by atoms with van der Waals surface area (Å²) in [5.41, 5.74) is 1.76. The highest BCUT2D eigenvalue weighted by Crippen LogP contribution is 2.22. The summed E-state index contributed by atoms with van der Waals surface area (Å²) in [6.07, 6.45) is 0.924. The monoisotopic (exact) mass is 267 g/mol. The van der Waals surface area contributed by atoms with E-state index in [2.05, 4.69) is 17.6 Å². The van der Waals surface area contributed by atoms with Crippen molar-refractivity contribution in [2.75, 3.05) is 32.1 Å². The molecule has 0 aliphatic heterocycles. The van der Waals surface area contributed by atoms with Crippen molar-refractivity contribution in [2.24, 2.45) is 0 Å². The van der Waals surface area contributed by atoms with Crippen LogP contribution in [0.4, 0.5) is 10.1 Å². The predicted molar refractivity (Wildman–Crippen MR) is 75.7 cm³/mol. The molecule has 0 bridgehead atoms. The van der Waals surface area contributed by atoms with E-state index in [-0.39, 0.29) is 18.3 Å². The molecule has 0 fully saturated rings. The van der Waals surface area contributed by atoms with E-state index >= 15 is 0 Å². The maximum atomic E-state index is 13.3. The first kappa shape index (κ1) is 15.4. The number of carbonyl (C=O) groups excluding carboxylic acids is 1. The summed E-state index contributed by atoms with van der Waals surface area (Å²) >= 11 is 0. The van der Waals surface area contributed by atoms with E-state index in [1.807, 2.05) is 11.9 Å². The molecule has 1 rings (SSSR count). The summed E-state index contributed by atoms with van der Waals surface area (Å²) in [5, 5.41) is 5.64. The van der Waals surface area contributed by atoms with Crippen LogP contribution < -0.4 is 15.5 Å². The highest BCUT2D eigenvalue weighted by molar-refractivity contribution is 5.81. The van der Waals surface area contributed by atoms with Gasteiger partial charge in [0.1, 0.15) is 5.82 Å². The number of hydrogen-bond donors (Lipinski definition) is 2. The van der Waals surface area contributed by atoms with Crippen molar-refractivity contribution in [1.82, 2.24) is 10.6 Å². The van der Waals surface area contributed by atoms with Gasteiger partial charge >= 0.3 is 0 Å². The molecule has 19 heavy (non-hydrogen) atoms. The Labute approximate surface area is 114 Å². The lowest BCUT2D eigenvalue weighted by molar-refractivity contribution is -0.119. The van der Waals surface area contributed by atoms with Crippen molar-refractivity contribution in [3.05, 3.63) is 29.6 Å². The van der Waals surface area contributed by atoms with Crippen molar-refractivity contribution in [3.8, 4) is 0 Å². The molecule has 0 atom stereocenters. The lowest BCUT2D eigenvalue weighted by atomic mass is 10.1. The molecule has 0 aliphatic carbocycles. The summed E-state index contributed by atoms with van der Waals surface area (Å²) in [6.45, 7) is 3.67. The zero-order chi connectivity index (χ0) is 14.3. The van der Waals surface area contributed by atoms with E-state index in [0.717, 1.165) is 24.2 Å². The van der Waals surface area contributed by atoms with Crippen molar-refractivity contribution < 1.29 is 9.18 Å². The third-order valence-corrected chi connectivity index (χ3v) is 2.86. The second-order valence-electron chi connectivity index (χ2n) is 4.40. The zero-order valence-electron chi connectivity index (χ0n) is 11.8. The number of carbonyl (C=O) groups is 1. The van der Waals surface area contributed by atoms with Gasteiger partial charge in [0.25, 0.3) is 0 Å². The molecule has 2 N–H and O–H groups in total. The normalized spacial score (nSPS) is 10.3. The molecule has 0 saturated carbocycles. The zero-order valence-corrected chi connectivity index (χ0v) is 11.8. The van der Waals surface area contributed by atoms with Gasteiger partial charge in [-0.2, -0.15) is 0 Å². The van der Waals surface area contributed by atoms with Crippen LogP contribution in [0.25, 0.3) is 0 Å². The smallest absolute Gasteiger partial charge is 0.239 e. The quantitative estimate of drug-likeness (QED) is 0.787. The fourth-order valence-electron chi connectivity index (χ4n) is 2.00. The van der Waals surface area contributed by atoms with Gasteiger partial charge in [0.2, 0.25) is 5.91 Å². The van der Waals surface area contributed by atoms with E-state index in [1.54, 1.807) is 13.1 Å². The van der Waals surface area contributed by atoms with Crippen molar-refractivity contribution >= 4 is 11.6 Å². The summed E-state index contributed by atoms with van der Waals surface area (Å²) < 4.78 is 13.3. The lowest BCUT2D eigenvalue weighted by Gasteiger charge is -2.26. The molecule has 0 spiro atoms. The first-order valence-corrected chi connectivity index (χ1v) is 6.50. The topological polar surface area (TPSA) is 44.4 Å². The van der Waals surface area contributed by atoms with Gasteiger partial charge in [-0.1, -0.05) is 6.92 Å². The molecule has 4 nitrogen and oxygen atoms in total. The molecular formula is C14H22FN3O. The average Bonchev–Trinajstić information content (AvgIpc) is 2.39. The van der Waals surface area contributed by atoms with Crippen LogP contribution in [0.5, 0.6) is 0 Å². The third-order valence-electron chi connectivity index (χ3n) is 2.86. The van der Waals surface area contributed by atoms with E-state index in [0.29, 0.717) is 6.54 Å². The molecule has 106 valence electrons. The number of nitrogens with zero attached hydrogens (tertiary/aromatic N) is 1. The molecule has 5 heteroatoms. The molecule has 0 aromatic heterocycles. The van der Waals surface area contributed by atoms with Crippen LogP contribution >= 0.6 is 0 Å². The number of amides is 1. The molecule has 0 heterocycles. The number of rotatable bonds is 7. The Morgan fingerprint density at radius 1 is 1.37 bits per heavy atom. The summed E-state index contributed by atoms with van der Waals surface area (Å²) in [4.78, 5) is 13.5. The first-order chi connectivity index (χ1) is 9.12. The highest BCUT2D eigenvalue weighted by atomic mass is 19.1. The Balaban J connectivity index is 3.02. The number of benzene rings is 1. The molecule has 1 aromatic rings. The van der Waals surface area contributed by atoms with Crippen molar-refractivity contribution in [3.63, 3.8) is 0 Å². The van der Waals surface area contributed by atoms with Gasteiger partial charge in [-0.15, -0.1) is 0 Å². The van der Waals surface area contributed by atoms with Gasteiger partial charge in [-0.05, 0) is 37.2 Å². The number of nitrogens with one attached hydrogen (secondary N) is 2. The van der Waals surface area contributed by atoms with E-state index in [4.69, 9.17) is 0 Å². The molecule has 0 unspecified atom stereocenters. The van der Waals surface area contributed by atoms with Crippen LogP contribution in [0.15, 0.2) is 18.2 Å². The molecule has 1 amide bonds. The fraction of sp³-hybridized carbons (Fsp3) is 0.500. The Morgan fingerprint density at radius 3 is 2.68 bits per heavy atom. The van der Waals surface area contributed by atoms with Gasteiger partial charge in [0.05, 0.1) is 6.54 Å². The van der Waals surface area contributed by atoms with Gasteiger partial charge in [-0.3, -0.25) is 4.79 Å². The van der Waals surface area contributed by atoms with Gasteiger partial charge in [-0.25, -0.2) is 4.39 Å². The van der Waals surface area contributed by atoms with Crippen LogP contribution in [0.2, 0.25) is 0 Å². The maximum Gasteiger partial charge on any atom is 0.239 e. The van der Waals surface area contributed by atoms with Gasteiger partial charge < -0.3 is 15.5 Å². The predicted octanol–water partition coefficient (Wildman–Crippen LogP) is 1.51. The second-order valence-corrected chi connectivity index (χ2v) is 4.40. The van der Waals surface area contributed by atoms with Crippen LogP contribution in [0.1, 0.15) is 18.9 Å². The average molecular weight is 267 g/mol. The Kier molecular flexibility index (Phi) is 6.29. The van der Waals surface area contributed by atoms with Crippen LogP contribution in [-0.2, 0) is 11.3 Å². The van der Waals surface area contributed by atoms with E-state index in [1.165, 1.54) is 12.1 Å². The highest BCUT2D eigenvalue weighted by Gasteiger charge is 2.14. The Bertz CT molecular complexity index is 423. The first-order valence-electron chi connectivity index (χ1n) is 6.50. The standard InChI is InChI=1S/C14H22FN3O/c1-4-7-18(10-14(19)17-3)13-6-5-12(15)8-11(13)9-16-2/h5-6,8,16H,4,7,9-10H2,1-3H3,(H,17,19). The number of anilines is 1. The summed E-state index contributed by atoms with van der Waals surface area (Å²) in [6, 6.07) is 4.68.